The molecule has 2 aromatic rings. The van der Waals surface area contributed by atoms with Gasteiger partial charge in [0.1, 0.15) is 5.82 Å². The molecule has 0 amide bonds. The van der Waals surface area contributed by atoms with Crippen LogP contribution in [-0.2, 0) is 0 Å². The third-order valence-electron chi connectivity index (χ3n) is 3.75. The molecule has 0 saturated heterocycles. The van der Waals surface area contributed by atoms with Crippen LogP contribution >= 0.6 is 0 Å². The SMILES string of the molecule is CCNc1nc(NCC2CC2C)c2ccccc2n1. The van der Waals surface area contributed by atoms with E-state index >= 15 is 0 Å². The fourth-order valence-corrected chi connectivity index (χ4v) is 2.36. The van der Waals surface area contributed by atoms with Crippen molar-refractivity contribution in [1.82, 2.24) is 9.97 Å². The highest BCUT2D eigenvalue weighted by molar-refractivity contribution is 5.90. The number of benzene rings is 1. The second kappa shape index (κ2) is 5.03. The number of fused-ring (bicyclic) bond motifs is 1. The molecule has 0 spiro atoms. The number of aromatic nitrogens is 2. The highest BCUT2D eigenvalue weighted by atomic mass is 15.1. The van der Waals surface area contributed by atoms with Gasteiger partial charge in [-0.3, -0.25) is 0 Å². The van der Waals surface area contributed by atoms with Gasteiger partial charge in [0.25, 0.3) is 0 Å². The van der Waals surface area contributed by atoms with Crippen molar-refractivity contribution in [3.63, 3.8) is 0 Å². The number of hydrogen-bond acceptors (Lipinski definition) is 4. The summed E-state index contributed by atoms with van der Waals surface area (Å²) in [4.78, 5) is 9.10. The molecule has 1 aliphatic carbocycles. The second-order valence-electron chi connectivity index (χ2n) is 5.30. The van der Waals surface area contributed by atoms with E-state index in [1.807, 2.05) is 18.2 Å². The molecule has 1 heterocycles. The lowest BCUT2D eigenvalue weighted by Crippen LogP contribution is -2.09. The van der Waals surface area contributed by atoms with Gasteiger partial charge in [0, 0.05) is 18.5 Å². The number of hydrogen-bond donors (Lipinski definition) is 2. The third kappa shape index (κ3) is 2.62. The predicted octanol–water partition coefficient (Wildman–Crippen LogP) is 3.13. The van der Waals surface area contributed by atoms with Crippen LogP contribution < -0.4 is 10.6 Å². The second-order valence-corrected chi connectivity index (χ2v) is 5.30. The Bertz CT molecular complexity index is 581. The van der Waals surface area contributed by atoms with E-state index in [0.717, 1.165) is 41.6 Å². The summed E-state index contributed by atoms with van der Waals surface area (Å²) in [6.45, 7) is 6.19. The van der Waals surface area contributed by atoms with Crippen LogP contribution in [0.3, 0.4) is 0 Å². The summed E-state index contributed by atoms with van der Waals surface area (Å²) in [6.07, 6.45) is 1.33. The Hall–Kier alpha value is -1.84. The maximum absolute atomic E-state index is 4.58. The van der Waals surface area contributed by atoms with Gasteiger partial charge in [-0.05, 0) is 37.3 Å². The molecule has 3 rings (SSSR count). The van der Waals surface area contributed by atoms with Gasteiger partial charge in [-0.1, -0.05) is 19.1 Å². The molecule has 2 N–H and O–H groups in total. The van der Waals surface area contributed by atoms with Crippen molar-refractivity contribution >= 4 is 22.7 Å². The number of nitrogens with one attached hydrogen (secondary N) is 2. The monoisotopic (exact) mass is 256 g/mol. The van der Waals surface area contributed by atoms with E-state index in [0.29, 0.717) is 5.95 Å². The Morgan fingerprint density at radius 1 is 1.21 bits per heavy atom. The van der Waals surface area contributed by atoms with E-state index in [1.54, 1.807) is 0 Å². The largest absolute Gasteiger partial charge is 0.369 e. The summed E-state index contributed by atoms with van der Waals surface area (Å²) in [7, 11) is 0. The summed E-state index contributed by atoms with van der Waals surface area (Å²) in [5.41, 5.74) is 0.986. The van der Waals surface area contributed by atoms with E-state index < -0.39 is 0 Å². The third-order valence-corrected chi connectivity index (χ3v) is 3.75. The van der Waals surface area contributed by atoms with Crippen molar-refractivity contribution in [3.8, 4) is 0 Å². The van der Waals surface area contributed by atoms with E-state index in [1.165, 1.54) is 6.42 Å². The standard InChI is InChI=1S/C15H20N4/c1-3-16-15-18-13-7-5-4-6-12(13)14(19-15)17-9-11-8-10(11)2/h4-7,10-11H,3,8-9H2,1-2H3,(H2,16,17,18,19). The number of nitrogens with zero attached hydrogens (tertiary/aromatic N) is 2. The minimum atomic E-state index is 0.701. The molecule has 1 aromatic carbocycles. The number of rotatable bonds is 5. The molecule has 100 valence electrons. The first-order valence-electron chi connectivity index (χ1n) is 7.02. The van der Waals surface area contributed by atoms with Gasteiger partial charge < -0.3 is 10.6 Å². The lowest BCUT2D eigenvalue weighted by molar-refractivity contribution is 0.785. The van der Waals surface area contributed by atoms with Gasteiger partial charge in [-0.2, -0.15) is 4.98 Å². The lowest BCUT2D eigenvalue weighted by atomic mass is 10.2. The lowest BCUT2D eigenvalue weighted by Gasteiger charge is -2.11. The number of para-hydroxylation sites is 1. The molecule has 4 nitrogen and oxygen atoms in total. The molecule has 4 heteroatoms. The molecule has 1 fully saturated rings. The molecule has 1 saturated carbocycles. The topological polar surface area (TPSA) is 49.8 Å². The fourth-order valence-electron chi connectivity index (χ4n) is 2.36. The van der Waals surface area contributed by atoms with Crippen LogP contribution in [0.25, 0.3) is 10.9 Å². The van der Waals surface area contributed by atoms with Gasteiger partial charge in [-0.25, -0.2) is 4.98 Å². The molecule has 2 unspecified atom stereocenters. The molecule has 1 aromatic heterocycles. The van der Waals surface area contributed by atoms with Crippen LogP contribution in [0.1, 0.15) is 20.3 Å². The van der Waals surface area contributed by atoms with Crippen LogP contribution in [0, 0.1) is 11.8 Å². The first-order chi connectivity index (χ1) is 9.28. The summed E-state index contributed by atoms with van der Waals surface area (Å²) >= 11 is 0. The van der Waals surface area contributed by atoms with Gasteiger partial charge in [0.2, 0.25) is 5.95 Å². The molecular weight excluding hydrogens is 236 g/mol. The quantitative estimate of drug-likeness (QED) is 0.863. The fraction of sp³-hybridized carbons (Fsp3) is 0.467. The van der Waals surface area contributed by atoms with Crippen LogP contribution in [0.2, 0.25) is 0 Å². The molecular formula is C15H20N4. The Morgan fingerprint density at radius 3 is 2.74 bits per heavy atom. The predicted molar refractivity (Wildman–Crippen MR) is 79.5 cm³/mol. The summed E-state index contributed by atoms with van der Waals surface area (Å²) in [6, 6.07) is 8.15. The first kappa shape index (κ1) is 12.2. The minimum Gasteiger partial charge on any atom is -0.369 e. The highest BCUT2D eigenvalue weighted by Crippen LogP contribution is 2.37. The molecule has 0 aliphatic heterocycles. The Kier molecular flexibility index (Phi) is 3.23. The van der Waals surface area contributed by atoms with Gasteiger partial charge in [-0.15, -0.1) is 0 Å². The van der Waals surface area contributed by atoms with Gasteiger partial charge >= 0.3 is 0 Å². The van der Waals surface area contributed by atoms with Crippen molar-refractivity contribution in [1.29, 1.82) is 0 Å². The van der Waals surface area contributed by atoms with E-state index in [2.05, 4.69) is 40.5 Å². The van der Waals surface area contributed by atoms with E-state index in [4.69, 9.17) is 0 Å². The zero-order chi connectivity index (χ0) is 13.2. The van der Waals surface area contributed by atoms with Crippen molar-refractivity contribution < 1.29 is 0 Å². The highest BCUT2D eigenvalue weighted by Gasteiger charge is 2.32. The summed E-state index contributed by atoms with van der Waals surface area (Å²) in [5.74, 6) is 3.30. The van der Waals surface area contributed by atoms with Crippen molar-refractivity contribution in [2.24, 2.45) is 11.8 Å². The summed E-state index contributed by atoms with van der Waals surface area (Å²) in [5, 5.41) is 7.77. The zero-order valence-electron chi connectivity index (χ0n) is 11.5. The van der Waals surface area contributed by atoms with Crippen LogP contribution in [-0.4, -0.2) is 23.1 Å². The van der Waals surface area contributed by atoms with Crippen LogP contribution in [0.15, 0.2) is 24.3 Å². The average Bonchev–Trinajstić information content (AvgIpc) is 3.12. The normalized spacial score (nSPS) is 21.4. The van der Waals surface area contributed by atoms with Crippen LogP contribution in [0.5, 0.6) is 0 Å². The Morgan fingerprint density at radius 2 is 2.00 bits per heavy atom. The maximum Gasteiger partial charge on any atom is 0.225 e. The Labute approximate surface area is 113 Å². The smallest absolute Gasteiger partial charge is 0.225 e. The van der Waals surface area contributed by atoms with E-state index in [-0.39, 0.29) is 0 Å². The molecule has 1 aliphatic rings. The average molecular weight is 256 g/mol. The van der Waals surface area contributed by atoms with Crippen molar-refractivity contribution in [2.75, 3.05) is 23.7 Å². The maximum atomic E-state index is 4.58. The van der Waals surface area contributed by atoms with Crippen molar-refractivity contribution in [2.45, 2.75) is 20.3 Å². The molecule has 0 radical (unpaired) electrons. The minimum absolute atomic E-state index is 0.701. The molecule has 2 atom stereocenters. The summed E-state index contributed by atoms with van der Waals surface area (Å²) < 4.78 is 0. The van der Waals surface area contributed by atoms with E-state index in [9.17, 15) is 0 Å². The van der Waals surface area contributed by atoms with Crippen LogP contribution in [0.4, 0.5) is 11.8 Å². The Balaban J connectivity index is 1.90. The van der Waals surface area contributed by atoms with Gasteiger partial charge in [0.15, 0.2) is 0 Å². The van der Waals surface area contributed by atoms with Crippen molar-refractivity contribution in [3.05, 3.63) is 24.3 Å². The molecule has 0 bridgehead atoms. The van der Waals surface area contributed by atoms with Gasteiger partial charge in [0.05, 0.1) is 5.52 Å². The molecule has 19 heavy (non-hydrogen) atoms. The first-order valence-corrected chi connectivity index (χ1v) is 7.02. The zero-order valence-corrected chi connectivity index (χ0v) is 11.5. The number of anilines is 2.